The van der Waals surface area contributed by atoms with Crippen molar-refractivity contribution in [3.63, 3.8) is 0 Å². The van der Waals surface area contributed by atoms with Gasteiger partial charge >= 0.3 is 5.69 Å². The van der Waals surface area contributed by atoms with Gasteiger partial charge in [-0.3, -0.25) is 9.36 Å². The average Bonchev–Trinajstić information content (AvgIpc) is 3.04. The van der Waals surface area contributed by atoms with E-state index in [2.05, 4.69) is 15.5 Å². The van der Waals surface area contributed by atoms with Crippen LogP contribution in [0, 0.1) is 6.92 Å². The molecule has 27 heavy (non-hydrogen) atoms. The molecule has 0 aliphatic carbocycles. The number of hydrogen-bond acceptors (Lipinski definition) is 4. The van der Waals surface area contributed by atoms with Gasteiger partial charge in [-0.1, -0.05) is 71.9 Å². The number of rotatable bonds is 8. The quantitative estimate of drug-likeness (QED) is 0.587. The minimum atomic E-state index is -0.256. The van der Waals surface area contributed by atoms with Crippen molar-refractivity contribution in [2.75, 3.05) is 5.75 Å². The number of aromatic nitrogens is 3. The lowest BCUT2D eigenvalue weighted by atomic mass is 10.1. The first-order valence-electron chi connectivity index (χ1n) is 8.76. The summed E-state index contributed by atoms with van der Waals surface area (Å²) in [5.41, 5.74) is 3.14. The highest BCUT2D eigenvalue weighted by Crippen LogP contribution is 2.13. The molecule has 1 heterocycles. The Morgan fingerprint density at radius 1 is 1.11 bits per heavy atom. The number of nitrogens with one attached hydrogen (secondary N) is 2. The number of H-pyrrole nitrogens is 1. The molecule has 140 valence electrons. The third-order valence-electron chi connectivity index (χ3n) is 4.13. The van der Waals surface area contributed by atoms with Gasteiger partial charge in [-0.2, -0.15) is 0 Å². The summed E-state index contributed by atoms with van der Waals surface area (Å²) in [6.07, 6.45) is 0.730. The molecule has 0 fully saturated rings. The summed E-state index contributed by atoms with van der Waals surface area (Å²) in [5.74, 6) is 0.118. The summed E-state index contributed by atoms with van der Waals surface area (Å²) in [6.45, 7) is 3.04. The molecule has 3 aromatic rings. The van der Waals surface area contributed by atoms with E-state index >= 15 is 0 Å². The van der Waals surface area contributed by atoms with Gasteiger partial charge < -0.3 is 5.32 Å². The summed E-state index contributed by atoms with van der Waals surface area (Å²) in [7, 11) is 0. The Morgan fingerprint density at radius 3 is 2.59 bits per heavy atom. The molecule has 0 aliphatic rings. The van der Waals surface area contributed by atoms with Crippen LogP contribution in [0.4, 0.5) is 0 Å². The van der Waals surface area contributed by atoms with Crippen molar-refractivity contribution in [2.45, 2.75) is 31.6 Å². The van der Waals surface area contributed by atoms with Crippen LogP contribution in [0.2, 0.25) is 0 Å². The predicted octanol–water partition coefficient (Wildman–Crippen LogP) is 2.53. The van der Waals surface area contributed by atoms with Gasteiger partial charge in [-0.05, 0) is 24.5 Å². The molecule has 0 radical (unpaired) electrons. The molecular weight excluding hydrogens is 360 g/mol. The van der Waals surface area contributed by atoms with Crippen LogP contribution in [0.1, 0.15) is 16.7 Å². The minimum Gasteiger partial charge on any atom is -0.351 e. The zero-order valence-electron chi connectivity index (χ0n) is 15.1. The Hall–Kier alpha value is -2.80. The van der Waals surface area contributed by atoms with Gasteiger partial charge in [-0.25, -0.2) is 9.89 Å². The van der Waals surface area contributed by atoms with Gasteiger partial charge in [0.2, 0.25) is 5.91 Å². The summed E-state index contributed by atoms with van der Waals surface area (Å²) >= 11 is 1.26. The normalized spacial score (nSPS) is 10.7. The second kappa shape index (κ2) is 9.23. The fourth-order valence-corrected chi connectivity index (χ4v) is 3.39. The van der Waals surface area contributed by atoms with Crippen molar-refractivity contribution in [1.29, 1.82) is 0 Å². The van der Waals surface area contributed by atoms with E-state index in [0.717, 1.165) is 17.5 Å². The summed E-state index contributed by atoms with van der Waals surface area (Å²) < 4.78 is 1.57. The molecule has 3 rings (SSSR count). The van der Waals surface area contributed by atoms with Gasteiger partial charge in [0.05, 0.1) is 5.75 Å². The minimum absolute atomic E-state index is 0.0920. The van der Waals surface area contributed by atoms with E-state index in [1.807, 2.05) is 61.5 Å². The van der Waals surface area contributed by atoms with Crippen LogP contribution in [0.5, 0.6) is 0 Å². The molecule has 0 spiro atoms. The Labute approximate surface area is 162 Å². The SMILES string of the molecule is Cc1ccc(CNC(=O)CSc2n[nH]c(=O)n2CCc2ccccc2)cc1. The average molecular weight is 382 g/mol. The molecule has 7 heteroatoms. The highest BCUT2D eigenvalue weighted by Gasteiger charge is 2.11. The number of nitrogens with zero attached hydrogens (tertiary/aromatic N) is 2. The van der Waals surface area contributed by atoms with Crippen LogP contribution in [0.3, 0.4) is 0 Å². The number of aryl methyl sites for hydroxylation is 2. The summed E-state index contributed by atoms with van der Waals surface area (Å²) in [5, 5.41) is 9.92. The van der Waals surface area contributed by atoms with Crippen LogP contribution >= 0.6 is 11.8 Å². The molecule has 2 N–H and O–H groups in total. The van der Waals surface area contributed by atoms with Crippen LogP contribution in [-0.2, 0) is 24.3 Å². The van der Waals surface area contributed by atoms with E-state index in [4.69, 9.17) is 0 Å². The predicted molar refractivity (Wildman–Crippen MR) is 107 cm³/mol. The fraction of sp³-hybridized carbons (Fsp3) is 0.250. The van der Waals surface area contributed by atoms with E-state index in [1.165, 1.54) is 17.3 Å². The first-order valence-corrected chi connectivity index (χ1v) is 9.74. The lowest BCUT2D eigenvalue weighted by molar-refractivity contribution is -0.118. The van der Waals surface area contributed by atoms with E-state index in [1.54, 1.807) is 4.57 Å². The second-order valence-corrected chi connectivity index (χ2v) is 7.19. The van der Waals surface area contributed by atoms with Gasteiger partial charge in [0.15, 0.2) is 5.16 Å². The molecule has 0 atom stereocenters. The van der Waals surface area contributed by atoms with Gasteiger partial charge in [0, 0.05) is 13.1 Å². The maximum Gasteiger partial charge on any atom is 0.343 e. The van der Waals surface area contributed by atoms with Crippen LogP contribution in [0.15, 0.2) is 64.5 Å². The molecule has 0 aliphatic heterocycles. The van der Waals surface area contributed by atoms with Gasteiger partial charge in [0.1, 0.15) is 0 Å². The van der Waals surface area contributed by atoms with Crippen LogP contribution in [-0.4, -0.2) is 26.4 Å². The van der Waals surface area contributed by atoms with Crippen molar-refractivity contribution in [2.24, 2.45) is 0 Å². The molecule has 0 saturated carbocycles. The Bertz CT molecular complexity index is 933. The number of aromatic amines is 1. The standard InChI is InChI=1S/C20H22N4O2S/c1-15-7-9-17(10-8-15)13-21-18(25)14-27-20-23-22-19(26)24(20)12-11-16-5-3-2-4-6-16/h2-10H,11-14H2,1H3,(H,21,25)(H,22,26). The molecule has 0 bridgehead atoms. The zero-order chi connectivity index (χ0) is 19.1. The number of thioether (sulfide) groups is 1. The summed E-state index contributed by atoms with van der Waals surface area (Å²) in [6, 6.07) is 18.0. The van der Waals surface area contributed by atoms with Crippen molar-refractivity contribution in [3.05, 3.63) is 81.8 Å². The molecule has 0 unspecified atom stereocenters. The third kappa shape index (κ3) is 5.59. The van der Waals surface area contributed by atoms with Crippen LogP contribution < -0.4 is 11.0 Å². The fourth-order valence-electron chi connectivity index (χ4n) is 2.58. The van der Waals surface area contributed by atoms with Gasteiger partial charge in [0.25, 0.3) is 0 Å². The van der Waals surface area contributed by atoms with E-state index in [-0.39, 0.29) is 17.3 Å². The molecule has 2 aromatic carbocycles. The first-order chi connectivity index (χ1) is 13.1. The summed E-state index contributed by atoms with van der Waals surface area (Å²) in [4.78, 5) is 24.1. The largest absolute Gasteiger partial charge is 0.351 e. The van der Waals surface area contributed by atoms with Gasteiger partial charge in [-0.15, -0.1) is 5.10 Å². The highest BCUT2D eigenvalue weighted by atomic mass is 32.2. The molecular formula is C20H22N4O2S. The number of carbonyl (C=O) groups is 1. The molecule has 1 amide bonds. The highest BCUT2D eigenvalue weighted by molar-refractivity contribution is 7.99. The topological polar surface area (TPSA) is 79.8 Å². The van der Waals surface area contributed by atoms with E-state index < -0.39 is 0 Å². The van der Waals surface area contributed by atoms with Crippen molar-refractivity contribution in [3.8, 4) is 0 Å². The molecule has 6 nitrogen and oxygen atoms in total. The number of hydrogen-bond donors (Lipinski definition) is 2. The number of carbonyl (C=O) groups excluding carboxylic acids is 1. The Kier molecular flexibility index (Phi) is 6.49. The first kappa shape index (κ1) is 19.0. The smallest absolute Gasteiger partial charge is 0.343 e. The maximum absolute atomic E-state index is 12.1. The lowest BCUT2D eigenvalue weighted by Gasteiger charge is -2.07. The lowest BCUT2D eigenvalue weighted by Crippen LogP contribution is -2.25. The van der Waals surface area contributed by atoms with Crippen molar-refractivity contribution >= 4 is 17.7 Å². The Balaban J connectivity index is 1.51. The third-order valence-corrected chi connectivity index (χ3v) is 5.11. The Morgan fingerprint density at radius 2 is 1.85 bits per heavy atom. The molecule has 0 saturated heterocycles. The zero-order valence-corrected chi connectivity index (χ0v) is 16.0. The number of amides is 1. The van der Waals surface area contributed by atoms with Crippen molar-refractivity contribution < 1.29 is 4.79 Å². The van der Waals surface area contributed by atoms with Crippen molar-refractivity contribution in [1.82, 2.24) is 20.1 Å². The van der Waals surface area contributed by atoms with Crippen LogP contribution in [0.25, 0.3) is 0 Å². The second-order valence-electron chi connectivity index (χ2n) is 6.25. The number of benzene rings is 2. The monoisotopic (exact) mass is 382 g/mol. The maximum atomic E-state index is 12.1. The molecule has 1 aromatic heterocycles. The van der Waals surface area contributed by atoms with E-state index in [0.29, 0.717) is 18.2 Å². The van der Waals surface area contributed by atoms with E-state index in [9.17, 15) is 9.59 Å².